The van der Waals surface area contributed by atoms with Crippen LogP contribution >= 0.6 is 23.2 Å². The number of halogens is 3. The maximum Gasteiger partial charge on any atom is 0.144 e. The van der Waals surface area contributed by atoms with Gasteiger partial charge in [-0.2, -0.15) is 0 Å². The molecule has 2 atom stereocenters. The van der Waals surface area contributed by atoms with Gasteiger partial charge in [0, 0.05) is 24.4 Å². The van der Waals surface area contributed by atoms with Crippen molar-refractivity contribution in [1.82, 2.24) is 9.55 Å². The maximum absolute atomic E-state index is 13.5. The van der Waals surface area contributed by atoms with E-state index in [2.05, 4.69) is 16.5 Å². The van der Waals surface area contributed by atoms with Gasteiger partial charge in [-0.25, -0.2) is 9.37 Å². The Morgan fingerprint density at radius 1 is 1.50 bits per heavy atom. The molecule has 1 aromatic carbocycles. The minimum atomic E-state index is -0.421. The van der Waals surface area contributed by atoms with E-state index in [9.17, 15) is 4.39 Å². The highest BCUT2D eigenvalue weighted by molar-refractivity contribution is 6.31. The minimum absolute atomic E-state index is 0.148. The summed E-state index contributed by atoms with van der Waals surface area (Å²) in [4.78, 5) is 4.48. The predicted molar refractivity (Wildman–Crippen MR) is 71.9 cm³/mol. The smallest absolute Gasteiger partial charge is 0.144 e. The first-order valence-corrected chi connectivity index (χ1v) is 6.95. The van der Waals surface area contributed by atoms with Crippen LogP contribution in [0, 0.1) is 11.7 Å². The molecule has 2 unspecified atom stereocenters. The predicted octanol–water partition coefficient (Wildman–Crippen LogP) is 4.19. The van der Waals surface area contributed by atoms with Crippen molar-refractivity contribution in [3.05, 3.63) is 28.8 Å². The highest BCUT2D eigenvalue weighted by Crippen LogP contribution is 2.45. The molecule has 2 aromatic rings. The molecule has 0 radical (unpaired) electrons. The molecule has 1 aliphatic rings. The van der Waals surface area contributed by atoms with Crippen LogP contribution in [0.4, 0.5) is 4.39 Å². The van der Waals surface area contributed by atoms with Crippen molar-refractivity contribution in [1.29, 1.82) is 0 Å². The second kappa shape index (κ2) is 4.39. The number of benzene rings is 1. The number of rotatable bonds is 3. The van der Waals surface area contributed by atoms with Gasteiger partial charge in [-0.1, -0.05) is 18.5 Å². The molecule has 0 aliphatic heterocycles. The van der Waals surface area contributed by atoms with Gasteiger partial charge in [0.1, 0.15) is 11.6 Å². The molecular weight excluding hydrogens is 274 g/mol. The maximum atomic E-state index is 13.5. The zero-order valence-electron chi connectivity index (χ0n) is 9.96. The first-order chi connectivity index (χ1) is 8.61. The first kappa shape index (κ1) is 12.2. The van der Waals surface area contributed by atoms with E-state index in [0.29, 0.717) is 29.8 Å². The Balaban J connectivity index is 2.21. The van der Waals surface area contributed by atoms with Crippen molar-refractivity contribution in [3.63, 3.8) is 0 Å². The number of hydrogen-bond acceptors (Lipinski definition) is 1. The first-order valence-electron chi connectivity index (χ1n) is 6.03. The SMILES string of the molecule is CC1CC1n1c(CCCl)nc2cc(F)c(Cl)cc21. The van der Waals surface area contributed by atoms with Crippen molar-refractivity contribution >= 4 is 34.2 Å². The van der Waals surface area contributed by atoms with Crippen molar-refractivity contribution < 1.29 is 4.39 Å². The van der Waals surface area contributed by atoms with Crippen LogP contribution < -0.4 is 0 Å². The lowest BCUT2D eigenvalue weighted by Crippen LogP contribution is -2.03. The minimum Gasteiger partial charge on any atom is -0.324 e. The van der Waals surface area contributed by atoms with E-state index in [1.807, 2.05) is 0 Å². The van der Waals surface area contributed by atoms with Crippen LogP contribution in [0.15, 0.2) is 12.1 Å². The Hall–Kier alpha value is -0.800. The summed E-state index contributed by atoms with van der Waals surface area (Å²) in [6.45, 7) is 2.20. The summed E-state index contributed by atoms with van der Waals surface area (Å²) in [7, 11) is 0. The molecule has 5 heteroatoms. The fourth-order valence-corrected chi connectivity index (χ4v) is 2.76. The highest BCUT2D eigenvalue weighted by Gasteiger charge is 2.36. The van der Waals surface area contributed by atoms with Gasteiger partial charge in [0.2, 0.25) is 0 Å². The molecule has 0 N–H and O–H groups in total. The van der Waals surface area contributed by atoms with Gasteiger partial charge in [0.05, 0.1) is 16.1 Å². The summed E-state index contributed by atoms with van der Waals surface area (Å²) in [5, 5.41) is 0.148. The summed E-state index contributed by atoms with van der Waals surface area (Å²) in [6, 6.07) is 3.52. The van der Waals surface area contributed by atoms with E-state index in [4.69, 9.17) is 23.2 Å². The lowest BCUT2D eigenvalue weighted by molar-refractivity contribution is 0.629. The van der Waals surface area contributed by atoms with E-state index >= 15 is 0 Å². The highest BCUT2D eigenvalue weighted by atomic mass is 35.5. The molecule has 96 valence electrons. The van der Waals surface area contributed by atoms with Gasteiger partial charge in [-0.05, 0) is 18.4 Å². The van der Waals surface area contributed by atoms with E-state index in [-0.39, 0.29) is 5.02 Å². The molecular formula is C13H13Cl2FN2. The number of aryl methyl sites for hydroxylation is 1. The number of imidazole rings is 1. The van der Waals surface area contributed by atoms with Crippen molar-refractivity contribution in [2.24, 2.45) is 5.92 Å². The molecule has 2 nitrogen and oxygen atoms in total. The Bertz CT molecular complexity index is 609. The lowest BCUT2D eigenvalue weighted by atomic mass is 10.3. The van der Waals surface area contributed by atoms with Crippen LogP contribution in [0.5, 0.6) is 0 Å². The lowest BCUT2D eigenvalue weighted by Gasteiger charge is -2.07. The fourth-order valence-electron chi connectivity index (χ4n) is 2.43. The monoisotopic (exact) mass is 286 g/mol. The summed E-state index contributed by atoms with van der Waals surface area (Å²) >= 11 is 11.7. The van der Waals surface area contributed by atoms with Crippen molar-refractivity contribution in [2.75, 3.05) is 5.88 Å². The van der Waals surface area contributed by atoms with Crippen LogP contribution in [0.25, 0.3) is 11.0 Å². The molecule has 3 rings (SSSR count). The Kier molecular flexibility index (Phi) is 2.99. The third-order valence-corrected chi connectivity index (χ3v) is 4.00. The van der Waals surface area contributed by atoms with Gasteiger partial charge in [-0.15, -0.1) is 11.6 Å². The summed E-state index contributed by atoms with van der Waals surface area (Å²) in [5.41, 5.74) is 1.58. The summed E-state index contributed by atoms with van der Waals surface area (Å²) < 4.78 is 15.6. The van der Waals surface area contributed by atoms with Crippen molar-refractivity contribution in [3.8, 4) is 0 Å². The van der Waals surface area contributed by atoms with E-state index in [1.165, 1.54) is 6.07 Å². The molecule has 0 saturated heterocycles. The number of alkyl halides is 1. The normalized spacial score (nSPS) is 22.7. The average Bonchev–Trinajstić information content (AvgIpc) is 2.92. The van der Waals surface area contributed by atoms with Crippen LogP contribution in [0.1, 0.15) is 25.2 Å². The van der Waals surface area contributed by atoms with Crippen LogP contribution in [-0.2, 0) is 6.42 Å². The molecule has 0 bridgehead atoms. The number of nitrogens with zero attached hydrogens (tertiary/aromatic N) is 2. The van der Waals surface area contributed by atoms with Gasteiger partial charge in [0.15, 0.2) is 0 Å². The molecule has 1 fully saturated rings. The summed E-state index contributed by atoms with van der Waals surface area (Å²) in [5.74, 6) is 1.66. The molecule has 18 heavy (non-hydrogen) atoms. The number of aromatic nitrogens is 2. The Morgan fingerprint density at radius 2 is 2.22 bits per heavy atom. The van der Waals surface area contributed by atoms with Gasteiger partial charge in [-0.3, -0.25) is 0 Å². The summed E-state index contributed by atoms with van der Waals surface area (Å²) in [6.07, 6.45) is 1.83. The molecule has 1 heterocycles. The quantitative estimate of drug-likeness (QED) is 0.774. The van der Waals surface area contributed by atoms with E-state index < -0.39 is 5.82 Å². The third kappa shape index (κ3) is 1.90. The second-order valence-electron chi connectivity index (χ2n) is 4.87. The van der Waals surface area contributed by atoms with Crippen molar-refractivity contribution in [2.45, 2.75) is 25.8 Å². The standard InChI is InChI=1S/C13H13Cl2FN2/c1-7-4-11(7)18-12-5-8(15)9(16)6-10(12)17-13(18)2-3-14/h5-7,11H,2-4H2,1H3. The third-order valence-electron chi connectivity index (χ3n) is 3.52. The average molecular weight is 287 g/mol. The zero-order valence-corrected chi connectivity index (χ0v) is 11.5. The number of fused-ring (bicyclic) bond motifs is 1. The van der Waals surface area contributed by atoms with Crippen LogP contribution in [0.3, 0.4) is 0 Å². The van der Waals surface area contributed by atoms with E-state index in [0.717, 1.165) is 17.8 Å². The van der Waals surface area contributed by atoms with Gasteiger partial charge in [0.25, 0.3) is 0 Å². The zero-order chi connectivity index (χ0) is 12.9. The van der Waals surface area contributed by atoms with Crippen LogP contribution in [-0.4, -0.2) is 15.4 Å². The Morgan fingerprint density at radius 3 is 2.83 bits per heavy atom. The fraction of sp³-hybridized carbons (Fsp3) is 0.462. The Labute approximate surface area is 115 Å². The van der Waals surface area contributed by atoms with E-state index in [1.54, 1.807) is 6.07 Å². The second-order valence-corrected chi connectivity index (χ2v) is 5.66. The topological polar surface area (TPSA) is 17.8 Å². The molecule has 0 spiro atoms. The molecule has 1 aromatic heterocycles. The van der Waals surface area contributed by atoms with Gasteiger partial charge < -0.3 is 4.57 Å². The molecule has 0 amide bonds. The molecule has 1 aliphatic carbocycles. The molecule has 1 saturated carbocycles. The largest absolute Gasteiger partial charge is 0.324 e. The van der Waals surface area contributed by atoms with Gasteiger partial charge >= 0.3 is 0 Å². The number of hydrogen-bond donors (Lipinski definition) is 0. The van der Waals surface area contributed by atoms with Crippen LogP contribution in [0.2, 0.25) is 5.02 Å².